The average molecular weight is 344 g/mol. The second kappa shape index (κ2) is 7.97. The molecule has 25 heavy (non-hydrogen) atoms. The summed E-state index contributed by atoms with van der Waals surface area (Å²) < 4.78 is 2.15. The van der Waals surface area contributed by atoms with Crippen LogP contribution in [0.25, 0.3) is 0 Å². The van der Waals surface area contributed by atoms with Crippen molar-refractivity contribution in [2.24, 2.45) is 0 Å². The van der Waals surface area contributed by atoms with Crippen molar-refractivity contribution < 1.29 is 10.2 Å². The SMILES string of the molecule is CCn1c(C)nnc1CN(Cc1cccc(O)c1)C1CCC(O)CC1. The molecular weight excluding hydrogens is 316 g/mol. The highest BCUT2D eigenvalue weighted by Gasteiger charge is 2.26. The van der Waals surface area contributed by atoms with Gasteiger partial charge in [-0.3, -0.25) is 4.90 Å². The number of aliphatic hydroxyl groups is 1. The Hall–Kier alpha value is -1.92. The summed E-state index contributed by atoms with van der Waals surface area (Å²) >= 11 is 0. The second-order valence-corrected chi connectivity index (χ2v) is 6.94. The number of nitrogens with zero attached hydrogens (tertiary/aromatic N) is 4. The number of benzene rings is 1. The van der Waals surface area contributed by atoms with Crippen molar-refractivity contribution in [3.05, 3.63) is 41.5 Å². The quantitative estimate of drug-likeness (QED) is 0.843. The van der Waals surface area contributed by atoms with E-state index in [-0.39, 0.29) is 6.10 Å². The summed E-state index contributed by atoms with van der Waals surface area (Å²) in [5.41, 5.74) is 1.09. The first kappa shape index (κ1) is 17.9. The van der Waals surface area contributed by atoms with Gasteiger partial charge in [0, 0.05) is 19.1 Å². The van der Waals surface area contributed by atoms with E-state index in [1.807, 2.05) is 25.1 Å². The Labute approximate surface area is 149 Å². The standard InChI is InChI=1S/C19H28N4O2/c1-3-23-14(2)20-21-19(23)13-22(16-7-9-17(24)10-8-16)12-15-5-4-6-18(25)11-15/h4-6,11,16-17,24-25H,3,7-10,12-13H2,1-2H3. The molecule has 1 fully saturated rings. The third-order valence-corrected chi connectivity index (χ3v) is 5.15. The van der Waals surface area contributed by atoms with Crippen LogP contribution in [0.15, 0.2) is 24.3 Å². The summed E-state index contributed by atoms with van der Waals surface area (Å²) in [6.45, 7) is 6.43. The van der Waals surface area contributed by atoms with Gasteiger partial charge in [-0.05, 0) is 57.2 Å². The van der Waals surface area contributed by atoms with Crippen LogP contribution in [0.3, 0.4) is 0 Å². The van der Waals surface area contributed by atoms with Gasteiger partial charge in [-0.2, -0.15) is 0 Å². The first-order chi connectivity index (χ1) is 12.1. The van der Waals surface area contributed by atoms with Crippen molar-refractivity contribution >= 4 is 0 Å². The molecule has 1 heterocycles. The van der Waals surface area contributed by atoms with Crippen LogP contribution in [0.5, 0.6) is 5.75 Å². The summed E-state index contributed by atoms with van der Waals surface area (Å²) in [6.07, 6.45) is 3.50. The molecule has 136 valence electrons. The van der Waals surface area contributed by atoms with Crippen molar-refractivity contribution in [2.75, 3.05) is 0 Å². The lowest BCUT2D eigenvalue weighted by Gasteiger charge is -2.35. The topological polar surface area (TPSA) is 74.4 Å². The van der Waals surface area contributed by atoms with Gasteiger partial charge in [-0.25, -0.2) is 0 Å². The zero-order valence-corrected chi connectivity index (χ0v) is 15.1. The van der Waals surface area contributed by atoms with Gasteiger partial charge in [0.15, 0.2) is 0 Å². The Morgan fingerprint density at radius 2 is 1.92 bits per heavy atom. The highest BCUT2D eigenvalue weighted by atomic mass is 16.3. The number of phenolic OH excluding ortho intramolecular Hbond substituents is 1. The van der Waals surface area contributed by atoms with Gasteiger partial charge < -0.3 is 14.8 Å². The van der Waals surface area contributed by atoms with E-state index in [2.05, 4.69) is 26.6 Å². The minimum atomic E-state index is -0.166. The number of rotatable bonds is 6. The number of aromatic nitrogens is 3. The fraction of sp³-hybridized carbons (Fsp3) is 0.579. The molecular formula is C19H28N4O2. The van der Waals surface area contributed by atoms with Crippen molar-refractivity contribution in [2.45, 2.75) is 71.3 Å². The van der Waals surface area contributed by atoms with Gasteiger partial charge >= 0.3 is 0 Å². The maximum Gasteiger partial charge on any atom is 0.147 e. The maximum absolute atomic E-state index is 9.83. The van der Waals surface area contributed by atoms with E-state index in [1.54, 1.807) is 6.07 Å². The molecule has 6 nitrogen and oxygen atoms in total. The van der Waals surface area contributed by atoms with E-state index >= 15 is 0 Å². The monoisotopic (exact) mass is 344 g/mol. The zero-order chi connectivity index (χ0) is 17.8. The van der Waals surface area contributed by atoms with E-state index in [4.69, 9.17) is 0 Å². The van der Waals surface area contributed by atoms with Crippen LogP contribution in [0.1, 0.15) is 49.8 Å². The fourth-order valence-electron chi connectivity index (χ4n) is 3.76. The third kappa shape index (κ3) is 4.38. The van der Waals surface area contributed by atoms with Crippen LogP contribution in [-0.2, 0) is 19.6 Å². The molecule has 1 aromatic heterocycles. The molecule has 0 amide bonds. The summed E-state index contributed by atoms with van der Waals surface area (Å²) in [5.74, 6) is 2.21. The molecule has 0 radical (unpaired) electrons. The zero-order valence-electron chi connectivity index (χ0n) is 15.1. The van der Waals surface area contributed by atoms with Crippen LogP contribution in [-0.4, -0.2) is 42.0 Å². The first-order valence-corrected chi connectivity index (χ1v) is 9.15. The average Bonchev–Trinajstić information content (AvgIpc) is 2.94. The molecule has 0 aliphatic heterocycles. The van der Waals surface area contributed by atoms with Crippen LogP contribution in [0, 0.1) is 6.92 Å². The summed E-state index contributed by atoms with van der Waals surface area (Å²) in [5, 5.41) is 28.2. The second-order valence-electron chi connectivity index (χ2n) is 6.94. The van der Waals surface area contributed by atoms with E-state index in [1.165, 1.54) is 0 Å². The number of aromatic hydroxyl groups is 1. The highest BCUT2D eigenvalue weighted by molar-refractivity contribution is 5.27. The van der Waals surface area contributed by atoms with Crippen LogP contribution in [0.2, 0.25) is 0 Å². The number of aryl methyl sites for hydroxylation is 1. The lowest BCUT2D eigenvalue weighted by molar-refractivity contribution is 0.0647. The smallest absolute Gasteiger partial charge is 0.147 e. The Morgan fingerprint density at radius 1 is 1.16 bits per heavy atom. The Bertz CT molecular complexity index is 692. The Kier molecular flexibility index (Phi) is 5.71. The van der Waals surface area contributed by atoms with Gasteiger partial charge in [-0.15, -0.1) is 10.2 Å². The molecule has 1 aromatic carbocycles. The van der Waals surface area contributed by atoms with Gasteiger partial charge in [0.2, 0.25) is 0 Å². The van der Waals surface area contributed by atoms with Gasteiger partial charge in [-0.1, -0.05) is 12.1 Å². The molecule has 0 bridgehead atoms. The predicted octanol–water partition coefficient (Wildman–Crippen LogP) is 2.62. The van der Waals surface area contributed by atoms with Gasteiger partial charge in [0.25, 0.3) is 0 Å². The lowest BCUT2D eigenvalue weighted by Crippen LogP contribution is -2.39. The van der Waals surface area contributed by atoms with E-state index in [0.717, 1.165) is 62.5 Å². The van der Waals surface area contributed by atoms with Crippen LogP contribution >= 0.6 is 0 Å². The largest absolute Gasteiger partial charge is 0.508 e. The summed E-state index contributed by atoms with van der Waals surface area (Å²) in [4.78, 5) is 2.41. The molecule has 0 spiro atoms. The molecule has 1 aliphatic carbocycles. The lowest BCUT2D eigenvalue weighted by atomic mass is 9.91. The van der Waals surface area contributed by atoms with Crippen LogP contribution in [0.4, 0.5) is 0 Å². The molecule has 3 rings (SSSR count). The number of hydrogen-bond acceptors (Lipinski definition) is 5. The van der Waals surface area contributed by atoms with Crippen molar-refractivity contribution in [3.8, 4) is 5.75 Å². The van der Waals surface area contributed by atoms with Crippen molar-refractivity contribution in [3.63, 3.8) is 0 Å². The Balaban J connectivity index is 1.80. The molecule has 1 saturated carbocycles. The van der Waals surface area contributed by atoms with Gasteiger partial charge in [0.05, 0.1) is 12.6 Å². The maximum atomic E-state index is 9.83. The van der Waals surface area contributed by atoms with E-state index < -0.39 is 0 Å². The predicted molar refractivity (Wildman–Crippen MR) is 96.0 cm³/mol. The molecule has 6 heteroatoms. The van der Waals surface area contributed by atoms with E-state index in [0.29, 0.717) is 11.8 Å². The number of phenols is 1. The summed E-state index contributed by atoms with van der Waals surface area (Å²) in [6, 6.07) is 7.85. The minimum absolute atomic E-state index is 0.166. The molecule has 2 N–H and O–H groups in total. The van der Waals surface area contributed by atoms with Gasteiger partial charge in [0.1, 0.15) is 17.4 Å². The number of hydrogen-bond donors (Lipinski definition) is 2. The Morgan fingerprint density at radius 3 is 2.60 bits per heavy atom. The van der Waals surface area contributed by atoms with Crippen LogP contribution < -0.4 is 0 Å². The molecule has 1 aliphatic rings. The molecule has 0 unspecified atom stereocenters. The van der Waals surface area contributed by atoms with Crippen molar-refractivity contribution in [1.29, 1.82) is 0 Å². The molecule has 0 saturated heterocycles. The summed E-state index contributed by atoms with van der Waals surface area (Å²) in [7, 11) is 0. The molecule has 0 atom stereocenters. The van der Waals surface area contributed by atoms with E-state index in [9.17, 15) is 10.2 Å². The molecule has 2 aromatic rings. The third-order valence-electron chi connectivity index (χ3n) is 5.15. The highest BCUT2D eigenvalue weighted by Crippen LogP contribution is 2.26. The van der Waals surface area contributed by atoms with Crippen molar-refractivity contribution in [1.82, 2.24) is 19.7 Å². The fourth-order valence-corrected chi connectivity index (χ4v) is 3.76. The normalized spacial score (nSPS) is 21.0. The number of aliphatic hydroxyl groups excluding tert-OH is 1. The minimum Gasteiger partial charge on any atom is -0.508 e. The first-order valence-electron chi connectivity index (χ1n) is 9.15.